The van der Waals surface area contributed by atoms with E-state index in [-0.39, 0.29) is 22.3 Å². The van der Waals surface area contributed by atoms with Crippen LogP contribution in [0.15, 0.2) is 42.5 Å². The molecule has 5 unspecified atom stereocenters. The van der Waals surface area contributed by atoms with E-state index in [4.69, 9.17) is 26.1 Å². The Balaban J connectivity index is 1.43. The van der Waals surface area contributed by atoms with E-state index in [1.54, 1.807) is 13.2 Å². The minimum Gasteiger partial charge on any atom is -0.489 e. The van der Waals surface area contributed by atoms with Crippen LogP contribution in [0.1, 0.15) is 74.5 Å². The van der Waals surface area contributed by atoms with Crippen molar-refractivity contribution in [2.24, 2.45) is 17.8 Å². The molecule has 0 saturated heterocycles. The number of carbonyl (C=O) groups is 1. The zero-order valence-electron chi connectivity index (χ0n) is 25.0. The number of aryl methyl sites for hydroxylation is 1. The number of pyridine rings is 1. The van der Waals surface area contributed by atoms with Crippen LogP contribution >= 0.6 is 11.6 Å². The van der Waals surface area contributed by atoms with Gasteiger partial charge in [-0.3, -0.25) is 9.52 Å². The van der Waals surface area contributed by atoms with E-state index in [2.05, 4.69) is 47.8 Å². The number of nitrogens with zero attached hydrogens (tertiary/aromatic N) is 2. The molecule has 2 aromatic rings. The van der Waals surface area contributed by atoms with E-state index < -0.39 is 22.5 Å². The Morgan fingerprint density at radius 1 is 1.21 bits per heavy atom. The van der Waals surface area contributed by atoms with E-state index in [0.717, 1.165) is 56.6 Å². The maximum Gasteiger partial charge on any atom is 0.281 e. The highest BCUT2D eigenvalue weighted by Crippen LogP contribution is 2.48. The summed E-state index contributed by atoms with van der Waals surface area (Å²) in [6, 6.07) is 9.80. The van der Waals surface area contributed by atoms with Gasteiger partial charge >= 0.3 is 0 Å². The van der Waals surface area contributed by atoms with Gasteiger partial charge < -0.3 is 14.4 Å². The van der Waals surface area contributed by atoms with Crippen LogP contribution in [0.3, 0.4) is 0 Å². The number of benzene rings is 1. The number of rotatable bonds is 1. The molecule has 4 aliphatic rings. The number of ether oxygens (including phenoxy) is 2. The number of hydrogen-bond acceptors (Lipinski definition) is 6. The number of anilines is 1. The average Bonchev–Trinajstić information content (AvgIpc) is 3.11. The van der Waals surface area contributed by atoms with Crippen molar-refractivity contribution in [3.63, 3.8) is 0 Å². The number of aromatic nitrogens is 1. The second-order valence-corrected chi connectivity index (χ2v) is 15.0. The SMILES string of the molecule is CO[C@@]1(C)/C=C/CC(C)C(C)S(=O)NC(=O)c2ccc3c(n2)N(CC2CCC21)C[C@@]1(CCCc2cc(Cl)ccc21)CO3. The van der Waals surface area contributed by atoms with Crippen molar-refractivity contribution >= 4 is 34.3 Å². The van der Waals surface area contributed by atoms with Gasteiger partial charge in [0.05, 0.1) is 17.5 Å². The van der Waals surface area contributed by atoms with Crippen molar-refractivity contribution in [2.45, 2.75) is 75.6 Å². The molecule has 1 aromatic carbocycles. The fourth-order valence-electron chi connectivity index (χ4n) is 7.43. The number of methoxy groups -OCH3 is 1. The van der Waals surface area contributed by atoms with E-state index >= 15 is 0 Å². The van der Waals surface area contributed by atoms with Crippen LogP contribution in [0.4, 0.5) is 5.82 Å². The normalized spacial score (nSPS) is 35.6. The van der Waals surface area contributed by atoms with Crippen LogP contribution in [0.2, 0.25) is 5.02 Å². The summed E-state index contributed by atoms with van der Waals surface area (Å²) in [5, 5.41) is 0.536. The highest BCUT2D eigenvalue weighted by atomic mass is 35.5. The maximum absolute atomic E-state index is 13.3. The Kier molecular flexibility index (Phi) is 8.18. The van der Waals surface area contributed by atoms with Gasteiger partial charge in [0.25, 0.3) is 5.91 Å². The first-order chi connectivity index (χ1) is 20.1. The topological polar surface area (TPSA) is 80.8 Å². The number of fused-ring (bicyclic) bond motifs is 4. The minimum atomic E-state index is -1.55. The van der Waals surface area contributed by atoms with Gasteiger partial charge in [-0.2, -0.15) is 0 Å². The van der Waals surface area contributed by atoms with Crippen LogP contribution in [0.25, 0.3) is 0 Å². The lowest BCUT2D eigenvalue weighted by Crippen LogP contribution is -2.52. The van der Waals surface area contributed by atoms with Gasteiger partial charge in [0.2, 0.25) is 0 Å². The Bertz CT molecular complexity index is 1420. The van der Waals surface area contributed by atoms with E-state index in [0.29, 0.717) is 30.0 Å². The van der Waals surface area contributed by atoms with E-state index in [1.807, 2.05) is 19.1 Å². The summed E-state index contributed by atoms with van der Waals surface area (Å²) in [7, 11) is 0.251. The fourth-order valence-corrected chi connectivity index (χ4v) is 8.63. The second-order valence-electron chi connectivity index (χ2n) is 13.0. The van der Waals surface area contributed by atoms with Gasteiger partial charge in [-0.15, -0.1) is 0 Å². The fraction of sp³-hybridized carbons (Fsp3) is 0.576. The first-order valence-corrected chi connectivity index (χ1v) is 16.8. The highest BCUT2D eigenvalue weighted by molar-refractivity contribution is 7.84. The van der Waals surface area contributed by atoms with Gasteiger partial charge in [-0.05, 0) is 106 Å². The molecule has 1 aromatic heterocycles. The standard InChI is InChI=1S/C33H42ClN3O4S/c1-21-7-5-15-32(3,40-4)26-11-9-24(26)18-37-19-33(16-6-8-23-17-25(34)10-12-27(23)33)20-41-29-14-13-28(35-30(29)37)31(38)36-42(39)22(21)2/h5,10,12-15,17,21-22,24,26H,6-9,11,16,18-20H2,1-4H3,(H,36,38)/b15-5+/t21?,22?,24?,26?,32-,33-,42?/m0/s1. The highest BCUT2D eigenvalue weighted by Gasteiger charge is 2.47. The van der Waals surface area contributed by atoms with Crippen LogP contribution in [0.5, 0.6) is 5.75 Å². The van der Waals surface area contributed by atoms with Gasteiger partial charge in [-0.25, -0.2) is 9.19 Å². The number of amides is 1. The second kappa shape index (κ2) is 11.6. The van der Waals surface area contributed by atoms with Crippen LogP contribution in [0, 0.1) is 17.8 Å². The predicted octanol–water partition coefficient (Wildman–Crippen LogP) is 6.02. The first-order valence-electron chi connectivity index (χ1n) is 15.2. The first kappa shape index (κ1) is 29.6. The zero-order valence-corrected chi connectivity index (χ0v) is 26.6. The zero-order chi connectivity index (χ0) is 29.6. The molecule has 1 amide bonds. The van der Waals surface area contributed by atoms with Crippen LogP contribution in [-0.4, -0.2) is 52.8 Å². The van der Waals surface area contributed by atoms with Crippen LogP contribution in [-0.2, 0) is 27.6 Å². The minimum absolute atomic E-state index is 0.113. The quantitative estimate of drug-likeness (QED) is 0.398. The Labute approximate surface area is 257 Å². The summed E-state index contributed by atoms with van der Waals surface area (Å²) < 4.78 is 28.6. The number of allylic oxidation sites excluding steroid dienone is 1. The number of nitrogens with one attached hydrogen (secondary N) is 1. The van der Waals surface area contributed by atoms with Gasteiger partial charge in [-0.1, -0.05) is 36.7 Å². The van der Waals surface area contributed by atoms with Crippen molar-refractivity contribution in [3.05, 3.63) is 64.3 Å². The summed E-state index contributed by atoms with van der Waals surface area (Å²) in [4.78, 5) is 20.6. The van der Waals surface area contributed by atoms with Crippen molar-refractivity contribution in [2.75, 3.05) is 31.7 Å². The molecule has 42 heavy (non-hydrogen) atoms. The molecule has 1 fully saturated rings. The summed E-state index contributed by atoms with van der Waals surface area (Å²) >= 11 is 6.42. The molecule has 9 heteroatoms. The monoisotopic (exact) mass is 611 g/mol. The molecular weight excluding hydrogens is 570 g/mol. The van der Waals surface area contributed by atoms with Gasteiger partial charge in [0, 0.05) is 30.6 Å². The summed E-state index contributed by atoms with van der Waals surface area (Å²) in [6.07, 6.45) is 10.4. The third-order valence-corrected chi connectivity index (χ3v) is 12.2. The molecular formula is C33H42ClN3O4S. The average molecular weight is 612 g/mol. The molecule has 7 atom stereocenters. The third-order valence-electron chi connectivity index (χ3n) is 10.4. The molecule has 226 valence electrons. The van der Waals surface area contributed by atoms with Crippen molar-refractivity contribution in [1.29, 1.82) is 0 Å². The molecule has 2 aliphatic heterocycles. The van der Waals surface area contributed by atoms with Crippen molar-refractivity contribution in [3.8, 4) is 5.75 Å². The molecule has 3 heterocycles. The summed E-state index contributed by atoms with van der Waals surface area (Å²) in [6.45, 7) is 8.23. The predicted molar refractivity (Wildman–Crippen MR) is 168 cm³/mol. The Morgan fingerprint density at radius 2 is 2.05 bits per heavy atom. The lowest BCUT2D eigenvalue weighted by Gasteiger charge is -2.49. The molecule has 7 nitrogen and oxygen atoms in total. The largest absolute Gasteiger partial charge is 0.489 e. The molecule has 1 saturated carbocycles. The summed E-state index contributed by atoms with van der Waals surface area (Å²) in [5.74, 6) is 1.79. The molecule has 2 aliphatic carbocycles. The number of halogens is 1. The van der Waals surface area contributed by atoms with Crippen molar-refractivity contribution in [1.82, 2.24) is 9.71 Å². The lowest BCUT2D eigenvalue weighted by molar-refractivity contribution is -0.0622. The molecule has 1 spiro atoms. The van der Waals surface area contributed by atoms with E-state index in [1.165, 1.54) is 11.1 Å². The number of hydrogen-bond donors (Lipinski definition) is 1. The molecule has 0 radical (unpaired) electrons. The van der Waals surface area contributed by atoms with E-state index in [9.17, 15) is 9.00 Å². The lowest BCUT2D eigenvalue weighted by atomic mass is 9.64. The van der Waals surface area contributed by atoms with Crippen LogP contribution < -0.4 is 14.4 Å². The maximum atomic E-state index is 13.3. The Hall–Kier alpha value is -2.42. The van der Waals surface area contributed by atoms with Gasteiger partial charge in [0.1, 0.15) is 16.7 Å². The summed E-state index contributed by atoms with van der Waals surface area (Å²) in [5.41, 5.74) is 2.21. The smallest absolute Gasteiger partial charge is 0.281 e. The number of carbonyl (C=O) groups excluding carboxylic acids is 1. The third kappa shape index (κ3) is 5.39. The van der Waals surface area contributed by atoms with Crippen molar-refractivity contribution < 1.29 is 18.5 Å². The molecule has 2 bridgehead atoms. The Morgan fingerprint density at radius 3 is 2.81 bits per heavy atom. The molecule has 1 N–H and O–H groups in total. The van der Waals surface area contributed by atoms with Gasteiger partial charge in [0.15, 0.2) is 11.6 Å². The molecule has 6 rings (SSSR count).